The molecule has 1 aliphatic rings. The number of hydrogen-bond acceptors (Lipinski definition) is 3. The van der Waals surface area contributed by atoms with Gasteiger partial charge < -0.3 is 15.2 Å². The highest BCUT2D eigenvalue weighted by Crippen LogP contribution is 2.33. The lowest BCUT2D eigenvalue weighted by molar-refractivity contribution is -0.132. The van der Waals surface area contributed by atoms with E-state index in [0.29, 0.717) is 18.7 Å². The molecule has 0 bridgehead atoms. The minimum absolute atomic E-state index is 0.331. The van der Waals surface area contributed by atoms with Gasteiger partial charge in [0.25, 0.3) is 0 Å². The molecule has 2 rings (SSSR count). The van der Waals surface area contributed by atoms with E-state index in [1.165, 1.54) is 6.42 Å². The van der Waals surface area contributed by atoms with Crippen molar-refractivity contribution in [2.24, 2.45) is 0 Å². The third-order valence-corrected chi connectivity index (χ3v) is 3.12. The summed E-state index contributed by atoms with van der Waals surface area (Å²) < 4.78 is 5.76. The number of anilines is 1. The van der Waals surface area contributed by atoms with Crippen molar-refractivity contribution in [1.29, 1.82) is 0 Å². The molecule has 1 aliphatic heterocycles. The average molecular weight is 261 g/mol. The molecule has 4 nitrogen and oxygen atoms in total. The van der Waals surface area contributed by atoms with Gasteiger partial charge in [-0.2, -0.15) is 0 Å². The molecule has 1 aromatic rings. The average Bonchev–Trinajstić information content (AvgIpc) is 2.43. The Morgan fingerprint density at radius 3 is 3.00 bits per heavy atom. The van der Waals surface area contributed by atoms with Crippen LogP contribution in [0.15, 0.2) is 23.8 Å². The van der Waals surface area contributed by atoms with Crippen molar-refractivity contribution in [3.8, 4) is 5.75 Å². The Bertz CT molecular complexity index is 494. The Labute approximate surface area is 113 Å². The predicted molar refractivity (Wildman–Crippen MR) is 75.6 cm³/mol. The van der Waals surface area contributed by atoms with Crippen LogP contribution in [0.2, 0.25) is 0 Å². The fourth-order valence-corrected chi connectivity index (χ4v) is 2.07. The van der Waals surface area contributed by atoms with E-state index in [9.17, 15) is 4.79 Å². The van der Waals surface area contributed by atoms with Gasteiger partial charge in [-0.3, -0.25) is 0 Å². The SMILES string of the molecule is CCCCCOc1cccc2c1NCC(C(=O)O)=C2. The maximum Gasteiger partial charge on any atom is 0.333 e. The lowest BCUT2D eigenvalue weighted by atomic mass is 10.0. The first-order chi connectivity index (χ1) is 9.22. The lowest BCUT2D eigenvalue weighted by Gasteiger charge is -2.20. The highest BCUT2D eigenvalue weighted by Gasteiger charge is 2.17. The number of para-hydroxylation sites is 1. The Hall–Kier alpha value is -1.97. The highest BCUT2D eigenvalue weighted by molar-refractivity contribution is 5.96. The van der Waals surface area contributed by atoms with E-state index >= 15 is 0 Å². The number of ether oxygens (including phenoxy) is 1. The molecule has 0 radical (unpaired) electrons. The van der Waals surface area contributed by atoms with Crippen LogP contribution in [0.5, 0.6) is 5.75 Å². The molecular weight excluding hydrogens is 242 g/mol. The number of benzene rings is 1. The number of carboxylic acids is 1. The quantitative estimate of drug-likeness (QED) is 0.772. The second kappa shape index (κ2) is 6.27. The molecule has 4 heteroatoms. The van der Waals surface area contributed by atoms with Crippen LogP contribution < -0.4 is 10.1 Å². The van der Waals surface area contributed by atoms with Gasteiger partial charge in [-0.25, -0.2) is 4.79 Å². The molecule has 0 saturated heterocycles. The number of carbonyl (C=O) groups is 1. The van der Waals surface area contributed by atoms with Gasteiger partial charge in [-0.1, -0.05) is 31.9 Å². The monoisotopic (exact) mass is 261 g/mol. The van der Waals surface area contributed by atoms with Gasteiger partial charge in [0.15, 0.2) is 0 Å². The number of unbranched alkanes of at least 4 members (excludes halogenated alkanes) is 2. The van der Waals surface area contributed by atoms with Crippen molar-refractivity contribution in [1.82, 2.24) is 0 Å². The highest BCUT2D eigenvalue weighted by atomic mass is 16.5. The minimum atomic E-state index is -0.882. The van der Waals surface area contributed by atoms with Crippen LogP contribution in [-0.4, -0.2) is 24.2 Å². The molecule has 102 valence electrons. The van der Waals surface area contributed by atoms with Gasteiger partial charge in [-0.15, -0.1) is 0 Å². The first-order valence-electron chi connectivity index (χ1n) is 6.66. The molecule has 0 amide bonds. The second-order valence-corrected chi connectivity index (χ2v) is 4.60. The van der Waals surface area contributed by atoms with E-state index in [-0.39, 0.29) is 0 Å². The van der Waals surface area contributed by atoms with Crippen molar-refractivity contribution in [3.05, 3.63) is 29.3 Å². The zero-order valence-corrected chi connectivity index (χ0v) is 11.1. The number of nitrogens with one attached hydrogen (secondary N) is 1. The summed E-state index contributed by atoms with van der Waals surface area (Å²) in [7, 11) is 0. The largest absolute Gasteiger partial charge is 0.491 e. The molecule has 0 atom stereocenters. The Morgan fingerprint density at radius 2 is 2.26 bits per heavy atom. The summed E-state index contributed by atoms with van der Waals surface area (Å²) in [5.74, 6) is -0.0818. The fourth-order valence-electron chi connectivity index (χ4n) is 2.07. The molecule has 19 heavy (non-hydrogen) atoms. The molecule has 0 fully saturated rings. The summed E-state index contributed by atoms with van der Waals surface area (Å²) in [6.07, 6.45) is 5.06. The lowest BCUT2D eigenvalue weighted by Crippen LogP contribution is -2.17. The molecule has 1 heterocycles. The van der Waals surface area contributed by atoms with Gasteiger partial charge in [0.2, 0.25) is 0 Å². The molecule has 0 aliphatic carbocycles. The number of aliphatic carboxylic acids is 1. The normalized spacial score (nSPS) is 13.2. The van der Waals surface area contributed by atoms with E-state index in [2.05, 4.69) is 12.2 Å². The minimum Gasteiger partial charge on any atom is -0.491 e. The van der Waals surface area contributed by atoms with Crippen LogP contribution >= 0.6 is 0 Å². The van der Waals surface area contributed by atoms with Crippen LogP contribution in [0.25, 0.3) is 6.08 Å². The Morgan fingerprint density at radius 1 is 1.42 bits per heavy atom. The predicted octanol–water partition coefficient (Wildman–Crippen LogP) is 3.15. The van der Waals surface area contributed by atoms with Crippen LogP contribution in [0, 0.1) is 0 Å². The summed E-state index contributed by atoms with van der Waals surface area (Å²) in [5.41, 5.74) is 2.14. The topological polar surface area (TPSA) is 58.6 Å². The van der Waals surface area contributed by atoms with Crippen LogP contribution in [-0.2, 0) is 4.79 Å². The number of rotatable bonds is 6. The van der Waals surface area contributed by atoms with Crippen molar-refractivity contribution in [2.75, 3.05) is 18.5 Å². The third-order valence-electron chi connectivity index (χ3n) is 3.12. The van der Waals surface area contributed by atoms with Gasteiger partial charge in [0, 0.05) is 12.1 Å². The molecular formula is C15H19NO3. The zero-order chi connectivity index (χ0) is 13.7. The summed E-state index contributed by atoms with van der Waals surface area (Å²) in [5, 5.41) is 12.1. The maximum absolute atomic E-state index is 11.0. The first kappa shape index (κ1) is 13.5. The number of fused-ring (bicyclic) bond motifs is 1. The van der Waals surface area contributed by atoms with Gasteiger partial charge in [0.1, 0.15) is 5.75 Å². The van der Waals surface area contributed by atoms with Crippen LogP contribution in [0.3, 0.4) is 0 Å². The van der Waals surface area contributed by atoms with Gasteiger partial charge in [0.05, 0.1) is 17.9 Å². The molecule has 0 aromatic heterocycles. The van der Waals surface area contributed by atoms with Crippen LogP contribution in [0.1, 0.15) is 31.7 Å². The molecule has 0 saturated carbocycles. The van der Waals surface area contributed by atoms with E-state index < -0.39 is 5.97 Å². The third kappa shape index (κ3) is 3.28. The standard InChI is InChI=1S/C15H19NO3/c1-2-3-4-8-19-13-7-5-6-11-9-12(15(17)18)10-16-14(11)13/h5-7,9,16H,2-4,8,10H2,1H3,(H,17,18). The van der Waals surface area contributed by atoms with Crippen molar-refractivity contribution in [3.63, 3.8) is 0 Å². The van der Waals surface area contributed by atoms with E-state index in [1.807, 2.05) is 18.2 Å². The molecule has 0 unspecified atom stereocenters. The summed E-state index contributed by atoms with van der Waals surface area (Å²) in [6.45, 7) is 3.18. The second-order valence-electron chi connectivity index (χ2n) is 4.60. The van der Waals surface area contributed by atoms with E-state index in [4.69, 9.17) is 9.84 Å². The van der Waals surface area contributed by atoms with Gasteiger partial charge >= 0.3 is 5.97 Å². The fraction of sp³-hybridized carbons (Fsp3) is 0.400. The van der Waals surface area contributed by atoms with E-state index in [1.54, 1.807) is 6.08 Å². The van der Waals surface area contributed by atoms with Crippen molar-refractivity contribution < 1.29 is 14.6 Å². The Balaban J connectivity index is 2.12. The van der Waals surface area contributed by atoms with Gasteiger partial charge in [-0.05, 0) is 18.6 Å². The summed E-state index contributed by atoms with van der Waals surface area (Å²) in [6, 6.07) is 5.69. The van der Waals surface area contributed by atoms with Crippen molar-refractivity contribution in [2.45, 2.75) is 26.2 Å². The maximum atomic E-state index is 11.0. The molecule has 1 aromatic carbocycles. The van der Waals surface area contributed by atoms with E-state index in [0.717, 1.165) is 29.8 Å². The molecule has 0 spiro atoms. The van der Waals surface area contributed by atoms with Crippen molar-refractivity contribution >= 4 is 17.7 Å². The first-order valence-corrected chi connectivity index (χ1v) is 6.66. The Kier molecular flexibility index (Phi) is 4.44. The summed E-state index contributed by atoms with van der Waals surface area (Å²) >= 11 is 0. The summed E-state index contributed by atoms with van der Waals surface area (Å²) in [4.78, 5) is 11.0. The zero-order valence-electron chi connectivity index (χ0n) is 11.1. The van der Waals surface area contributed by atoms with Crippen LogP contribution in [0.4, 0.5) is 5.69 Å². The molecule has 2 N–H and O–H groups in total. The number of hydrogen-bond donors (Lipinski definition) is 2. The number of carboxylic acid groups (broad SMARTS) is 1. The smallest absolute Gasteiger partial charge is 0.333 e.